The zero-order valence-electron chi connectivity index (χ0n) is 9.45. The molecule has 0 unspecified atom stereocenters. The van der Waals surface area contributed by atoms with Crippen molar-refractivity contribution in [2.24, 2.45) is 0 Å². The van der Waals surface area contributed by atoms with Gasteiger partial charge < -0.3 is 14.6 Å². The number of fused-ring (bicyclic) bond motifs is 1. The highest BCUT2D eigenvalue weighted by atomic mass is 16.6. The van der Waals surface area contributed by atoms with Gasteiger partial charge in [0.15, 0.2) is 11.5 Å². The Hall–Kier alpha value is -1.22. The molecule has 3 heteroatoms. The number of hydrogen-bond acceptors (Lipinski definition) is 3. The maximum absolute atomic E-state index is 10.2. The van der Waals surface area contributed by atoms with Crippen LogP contribution in [0.3, 0.4) is 0 Å². The van der Waals surface area contributed by atoms with Gasteiger partial charge >= 0.3 is 0 Å². The number of aliphatic hydroxyl groups is 1. The summed E-state index contributed by atoms with van der Waals surface area (Å²) in [5.41, 5.74) is 1.60. The molecule has 86 valence electrons. The maximum Gasteiger partial charge on any atom is 0.161 e. The maximum atomic E-state index is 10.2. The Morgan fingerprint density at radius 3 is 2.38 bits per heavy atom. The van der Waals surface area contributed by atoms with Crippen molar-refractivity contribution in [2.45, 2.75) is 31.8 Å². The molecule has 1 fully saturated rings. The van der Waals surface area contributed by atoms with Gasteiger partial charge in [0.2, 0.25) is 0 Å². The minimum Gasteiger partial charge on any atom is -0.486 e. The number of benzene rings is 1. The second-order valence-corrected chi connectivity index (χ2v) is 4.54. The Labute approximate surface area is 95.0 Å². The van der Waals surface area contributed by atoms with E-state index in [2.05, 4.69) is 6.92 Å². The van der Waals surface area contributed by atoms with Crippen LogP contribution in [0.4, 0.5) is 0 Å². The summed E-state index contributed by atoms with van der Waals surface area (Å²) in [5.74, 6) is 1.59. The minimum absolute atomic E-state index is 0.594. The molecule has 16 heavy (non-hydrogen) atoms. The lowest BCUT2D eigenvalue weighted by atomic mass is 9.97. The molecule has 1 saturated carbocycles. The highest BCUT2D eigenvalue weighted by molar-refractivity contribution is 5.51. The van der Waals surface area contributed by atoms with Crippen LogP contribution < -0.4 is 9.47 Å². The van der Waals surface area contributed by atoms with Crippen molar-refractivity contribution in [1.82, 2.24) is 0 Å². The molecule has 0 saturated heterocycles. The fourth-order valence-electron chi connectivity index (χ4n) is 2.24. The van der Waals surface area contributed by atoms with Gasteiger partial charge in [-0.25, -0.2) is 0 Å². The van der Waals surface area contributed by atoms with Crippen molar-refractivity contribution in [3.63, 3.8) is 0 Å². The van der Waals surface area contributed by atoms with Crippen LogP contribution in [-0.2, 0) is 12.0 Å². The van der Waals surface area contributed by atoms with Crippen LogP contribution in [0, 0.1) is 0 Å². The highest BCUT2D eigenvalue weighted by Crippen LogP contribution is 2.49. The molecule has 0 radical (unpaired) electrons. The topological polar surface area (TPSA) is 38.7 Å². The van der Waals surface area contributed by atoms with Crippen LogP contribution in [0.1, 0.15) is 30.9 Å². The van der Waals surface area contributed by atoms with Crippen LogP contribution >= 0.6 is 0 Å². The summed E-state index contributed by atoms with van der Waals surface area (Å²) >= 11 is 0. The van der Waals surface area contributed by atoms with Crippen molar-refractivity contribution in [3.8, 4) is 11.5 Å². The molecule has 0 atom stereocenters. The smallest absolute Gasteiger partial charge is 0.161 e. The van der Waals surface area contributed by atoms with Crippen LogP contribution in [0.5, 0.6) is 11.5 Å². The van der Waals surface area contributed by atoms with Gasteiger partial charge in [-0.2, -0.15) is 0 Å². The molecule has 1 aromatic rings. The van der Waals surface area contributed by atoms with E-state index in [1.54, 1.807) is 0 Å². The molecular weight excluding hydrogens is 204 g/mol. The first kappa shape index (κ1) is 9.97. The average molecular weight is 220 g/mol. The Morgan fingerprint density at radius 1 is 1.19 bits per heavy atom. The fourth-order valence-corrected chi connectivity index (χ4v) is 2.24. The van der Waals surface area contributed by atoms with Crippen molar-refractivity contribution < 1.29 is 14.6 Å². The standard InChI is InChI=1S/C13H16O3/c1-2-9-7-11-12(16-6-5-15-11)8-10(9)13(14)3-4-13/h7-8,14H,2-6H2,1H3. The zero-order chi connectivity index (χ0) is 11.2. The predicted octanol–water partition coefficient (Wildman–Crippen LogP) is 2.00. The van der Waals surface area contributed by atoms with Crippen LogP contribution in [0.2, 0.25) is 0 Å². The van der Waals surface area contributed by atoms with Gasteiger partial charge in [0, 0.05) is 0 Å². The Morgan fingerprint density at radius 2 is 1.81 bits per heavy atom. The third kappa shape index (κ3) is 1.47. The number of ether oxygens (including phenoxy) is 2. The second-order valence-electron chi connectivity index (χ2n) is 4.54. The molecule has 0 aromatic heterocycles. The molecule has 1 heterocycles. The van der Waals surface area contributed by atoms with Crippen molar-refractivity contribution in [2.75, 3.05) is 13.2 Å². The van der Waals surface area contributed by atoms with E-state index < -0.39 is 5.60 Å². The van der Waals surface area contributed by atoms with E-state index in [1.165, 1.54) is 5.56 Å². The normalized spacial score (nSPS) is 20.6. The highest BCUT2D eigenvalue weighted by Gasteiger charge is 2.44. The van der Waals surface area contributed by atoms with E-state index in [9.17, 15) is 5.11 Å². The molecule has 3 nitrogen and oxygen atoms in total. The first-order chi connectivity index (χ1) is 7.73. The van der Waals surface area contributed by atoms with E-state index in [-0.39, 0.29) is 0 Å². The predicted molar refractivity (Wildman–Crippen MR) is 59.9 cm³/mol. The summed E-state index contributed by atoms with van der Waals surface area (Å²) in [6.45, 7) is 3.30. The lowest BCUT2D eigenvalue weighted by Gasteiger charge is -2.22. The van der Waals surface area contributed by atoms with Gasteiger partial charge in [-0.3, -0.25) is 0 Å². The van der Waals surface area contributed by atoms with Crippen molar-refractivity contribution in [3.05, 3.63) is 23.3 Å². The molecule has 0 bridgehead atoms. The van der Waals surface area contributed by atoms with Crippen LogP contribution in [-0.4, -0.2) is 18.3 Å². The molecular formula is C13H16O3. The summed E-state index contributed by atoms with van der Waals surface area (Å²) in [7, 11) is 0. The van der Waals surface area contributed by atoms with Gasteiger partial charge in [0.05, 0.1) is 5.60 Å². The zero-order valence-corrected chi connectivity index (χ0v) is 9.45. The van der Waals surface area contributed by atoms with Gasteiger partial charge in [0.25, 0.3) is 0 Å². The molecule has 2 aliphatic rings. The molecule has 1 aliphatic heterocycles. The summed E-state index contributed by atoms with van der Waals surface area (Å²) in [6, 6.07) is 3.97. The lowest BCUT2D eigenvalue weighted by molar-refractivity contribution is 0.146. The number of rotatable bonds is 2. The molecule has 1 N–H and O–H groups in total. The largest absolute Gasteiger partial charge is 0.486 e. The Bertz CT molecular complexity index is 421. The number of aryl methyl sites for hydroxylation is 1. The third-order valence-corrected chi connectivity index (χ3v) is 3.37. The molecule has 0 amide bonds. The first-order valence-electron chi connectivity index (χ1n) is 5.88. The molecule has 1 aromatic carbocycles. The second kappa shape index (κ2) is 3.39. The third-order valence-electron chi connectivity index (χ3n) is 3.37. The quantitative estimate of drug-likeness (QED) is 0.828. The van der Waals surface area contributed by atoms with E-state index in [0.717, 1.165) is 36.3 Å². The van der Waals surface area contributed by atoms with E-state index >= 15 is 0 Å². The van der Waals surface area contributed by atoms with Gasteiger partial charge in [-0.05, 0) is 42.5 Å². The SMILES string of the molecule is CCc1cc2c(cc1C1(O)CC1)OCCO2. The number of hydrogen-bond donors (Lipinski definition) is 1. The van der Waals surface area contributed by atoms with Crippen molar-refractivity contribution in [1.29, 1.82) is 0 Å². The molecule has 3 rings (SSSR count). The van der Waals surface area contributed by atoms with Crippen molar-refractivity contribution >= 4 is 0 Å². The van der Waals surface area contributed by atoms with Crippen LogP contribution in [0.25, 0.3) is 0 Å². The Kier molecular flexibility index (Phi) is 2.11. The Balaban J connectivity index is 2.09. The summed E-state index contributed by atoms with van der Waals surface area (Å²) < 4.78 is 11.1. The van der Waals surface area contributed by atoms with E-state index in [0.29, 0.717) is 13.2 Å². The van der Waals surface area contributed by atoms with Crippen LogP contribution in [0.15, 0.2) is 12.1 Å². The first-order valence-corrected chi connectivity index (χ1v) is 5.88. The molecule has 1 aliphatic carbocycles. The average Bonchev–Trinajstić information content (AvgIpc) is 3.07. The monoisotopic (exact) mass is 220 g/mol. The minimum atomic E-state index is -0.596. The van der Waals surface area contributed by atoms with E-state index in [1.807, 2.05) is 12.1 Å². The summed E-state index contributed by atoms with van der Waals surface area (Å²) in [5, 5.41) is 10.2. The lowest BCUT2D eigenvalue weighted by Crippen LogP contribution is -2.17. The van der Waals surface area contributed by atoms with E-state index in [4.69, 9.17) is 9.47 Å². The van der Waals surface area contributed by atoms with Gasteiger partial charge in [0.1, 0.15) is 13.2 Å². The summed E-state index contributed by atoms with van der Waals surface area (Å²) in [4.78, 5) is 0. The fraction of sp³-hybridized carbons (Fsp3) is 0.538. The van der Waals surface area contributed by atoms with Gasteiger partial charge in [-0.15, -0.1) is 0 Å². The molecule has 0 spiro atoms. The van der Waals surface area contributed by atoms with Gasteiger partial charge in [-0.1, -0.05) is 6.92 Å². The summed E-state index contributed by atoms with van der Waals surface area (Å²) in [6.07, 6.45) is 2.63.